The molecule has 158 valence electrons. The highest BCUT2D eigenvalue weighted by molar-refractivity contribution is 5.74. The summed E-state index contributed by atoms with van der Waals surface area (Å²) in [6.07, 6.45) is 6.31. The summed E-state index contributed by atoms with van der Waals surface area (Å²) in [5.74, 6) is -0.972. The van der Waals surface area contributed by atoms with Gasteiger partial charge in [-0.2, -0.15) is 9.61 Å². The maximum absolute atomic E-state index is 14.2. The van der Waals surface area contributed by atoms with Crippen LogP contribution in [0, 0.1) is 11.6 Å². The number of nitrogens with one attached hydrogen (secondary N) is 1. The van der Waals surface area contributed by atoms with Crippen LogP contribution in [0.15, 0.2) is 55.0 Å². The lowest BCUT2D eigenvalue weighted by Gasteiger charge is -2.33. The molecule has 9 heteroatoms. The highest BCUT2D eigenvalue weighted by Crippen LogP contribution is 2.30. The number of hydrogen-bond donors (Lipinski definition) is 2. The van der Waals surface area contributed by atoms with Gasteiger partial charge in [0.2, 0.25) is 5.95 Å². The molecule has 3 aromatic heterocycles. The first kappa shape index (κ1) is 19.4. The summed E-state index contributed by atoms with van der Waals surface area (Å²) < 4.78 is 30.0. The standard InChI is InChI=1S/C22H20F2N6O/c23-16-4-1-5-17(24)21(16)18-7-6-14-11-26-22(30(14)28-18)27-19-12-25-9-8-20(19)29-10-2-3-15(31)13-29/h1,4-9,11-12,15,31H,2-3,10,13H2,(H,26,27). The molecule has 1 aliphatic rings. The van der Waals surface area contributed by atoms with Crippen molar-refractivity contribution in [1.29, 1.82) is 0 Å². The van der Waals surface area contributed by atoms with Gasteiger partial charge in [0.05, 0.1) is 46.6 Å². The van der Waals surface area contributed by atoms with Gasteiger partial charge in [0.1, 0.15) is 11.6 Å². The summed E-state index contributed by atoms with van der Waals surface area (Å²) in [6, 6.07) is 8.87. The second-order valence-electron chi connectivity index (χ2n) is 7.49. The van der Waals surface area contributed by atoms with Crippen LogP contribution < -0.4 is 10.2 Å². The third kappa shape index (κ3) is 3.68. The molecule has 7 nitrogen and oxygen atoms in total. The molecule has 1 unspecified atom stereocenters. The fourth-order valence-corrected chi connectivity index (χ4v) is 3.90. The lowest BCUT2D eigenvalue weighted by molar-refractivity contribution is 0.154. The van der Waals surface area contributed by atoms with E-state index < -0.39 is 11.6 Å². The Morgan fingerprint density at radius 1 is 1.06 bits per heavy atom. The first-order valence-electron chi connectivity index (χ1n) is 10.0. The molecular weight excluding hydrogens is 402 g/mol. The normalized spacial score (nSPS) is 16.6. The van der Waals surface area contributed by atoms with E-state index in [4.69, 9.17) is 0 Å². The maximum atomic E-state index is 14.2. The van der Waals surface area contributed by atoms with Gasteiger partial charge in [-0.3, -0.25) is 4.98 Å². The van der Waals surface area contributed by atoms with Crippen molar-refractivity contribution in [3.63, 3.8) is 0 Å². The number of piperidine rings is 1. The maximum Gasteiger partial charge on any atom is 0.229 e. The van der Waals surface area contributed by atoms with Gasteiger partial charge in [0, 0.05) is 19.3 Å². The predicted octanol–water partition coefficient (Wildman–Crippen LogP) is 3.77. The van der Waals surface area contributed by atoms with Gasteiger partial charge in [-0.15, -0.1) is 0 Å². The SMILES string of the molecule is OC1CCCN(c2ccncc2Nc2ncc3ccc(-c4c(F)cccc4F)nn23)C1. The van der Waals surface area contributed by atoms with E-state index in [1.165, 1.54) is 22.7 Å². The van der Waals surface area contributed by atoms with E-state index in [0.717, 1.165) is 25.1 Å². The lowest BCUT2D eigenvalue weighted by Crippen LogP contribution is -2.38. The number of aliphatic hydroxyl groups is 1. The molecule has 0 saturated carbocycles. The zero-order chi connectivity index (χ0) is 21.4. The number of benzene rings is 1. The summed E-state index contributed by atoms with van der Waals surface area (Å²) >= 11 is 0. The number of nitrogens with zero attached hydrogens (tertiary/aromatic N) is 5. The van der Waals surface area contributed by atoms with Crippen LogP contribution in [0.4, 0.5) is 26.1 Å². The van der Waals surface area contributed by atoms with E-state index in [-0.39, 0.29) is 17.4 Å². The van der Waals surface area contributed by atoms with Crippen molar-refractivity contribution in [3.8, 4) is 11.3 Å². The van der Waals surface area contributed by atoms with Crippen LogP contribution in [-0.2, 0) is 0 Å². The van der Waals surface area contributed by atoms with Crippen molar-refractivity contribution >= 4 is 22.8 Å². The Kier molecular flexibility index (Phi) is 4.95. The molecule has 0 bridgehead atoms. The molecule has 0 spiro atoms. The molecule has 1 atom stereocenters. The van der Waals surface area contributed by atoms with Crippen LogP contribution in [0.5, 0.6) is 0 Å². The van der Waals surface area contributed by atoms with E-state index in [1.807, 2.05) is 6.07 Å². The second kappa shape index (κ2) is 7.92. The molecule has 0 amide bonds. The molecule has 4 heterocycles. The second-order valence-corrected chi connectivity index (χ2v) is 7.49. The third-order valence-corrected chi connectivity index (χ3v) is 5.38. The summed E-state index contributed by atoms with van der Waals surface area (Å²) in [7, 11) is 0. The Hall–Kier alpha value is -3.59. The number of β-amino-alcohol motifs (C(OH)–C–C–N with tert-alkyl or cyclic N) is 1. The number of fused-ring (bicyclic) bond motifs is 1. The van der Waals surface area contributed by atoms with E-state index in [2.05, 4.69) is 25.3 Å². The Labute approximate surface area is 177 Å². The van der Waals surface area contributed by atoms with E-state index in [9.17, 15) is 13.9 Å². The predicted molar refractivity (Wildman–Crippen MR) is 113 cm³/mol. The number of imidazole rings is 1. The lowest BCUT2D eigenvalue weighted by atomic mass is 10.1. The van der Waals surface area contributed by atoms with Crippen molar-refractivity contribution < 1.29 is 13.9 Å². The topological polar surface area (TPSA) is 78.6 Å². The van der Waals surface area contributed by atoms with Gasteiger partial charge in [-0.25, -0.2) is 13.8 Å². The zero-order valence-electron chi connectivity index (χ0n) is 16.5. The van der Waals surface area contributed by atoms with Crippen molar-refractivity contribution in [3.05, 3.63) is 66.6 Å². The molecule has 2 N–H and O–H groups in total. The molecular formula is C22H20F2N6O. The first-order chi connectivity index (χ1) is 15.1. The molecule has 1 aliphatic heterocycles. The van der Waals surface area contributed by atoms with Gasteiger partial charge in [-0.05, 0) is 43.2 Å². The first-order valence-corrected chi connectivity index (χ1v) is 10.0. The van der Waals surface area contributed by atoms with Crippen LogP contribution >= 0.6 is 0 Å². The van der Waals surface area contributed by atoms with Crippen LogP contribution in [0.25, 0.3) is 16.8 Å². The Bertz CT molecular complexity index is 1220. The fourth-order valence-electron chi connectivity index (χ4n) is 3.90. The Morgan fingerprint density at radius 3 is 2.71 bits per heavy atom. The smallest absolute Gasteiger partial charge is 0.229 e. The van der Waals surface area contributed by atoms with Crippen LogP contribution in [0.1, 0.15) is 12.8 Å². The van der Waals surface area contributed by atoms with Gasteiger partial charge >= 0.3 is 0 Å². The van der Waals surface area contributed by atoms with Gasteiger partial charge < -0.3 is 15.3 Å². The molecule has 4 aromatic rings. The van der Waals surface area contributed by atoms with Gasteiger partial charge in [0.15, 0.2) is 0 Å². The van der Waals surface area contributed by atoms with Crippen LogP contribution in [0.2, 0.25) is 0 Å². The molecule has 0 radical (unpaired) electrons. The minimum absolute atomic E-state index is 0.162. The largest absolute Gasteiger partial charge is 0.391 e. The molecule has 1 saturated heterocycles. The Morgan fingerprint density at radius 2 is 1.90 bits per heavy atom. The monoisotopic (exact) mass is 422 g/mol. The number of hydrogen-bond acceptors (Lipinski definition) is 6. The average molecular weight is 422 g/mol. The van der Waals surface area contributed by atoms with Crippen molar-refractivity contribution in [2.75, 3.05) is 23.3 Å². The summed E-state index contributed by atoms with van der Waals surface area (Å²) in [4.78, 5) is 10.7. The minimum atomic E-state index is -0.681. The van der Waals surface area contributed by atoms with E-state index >= 15 is 0 Å². The van der Waals surface area contributed by atoms with Gasteiger partial charge in [0.25, 0.3) is 0 Å². The zero-order valence-corrected chi connectivity index (χ0v) is 16.5. The number of rotatable bonds is 4. The van der Waals surface area contributed by atoms with Gasteiger partial charge in [-0.1, -0.05) is 6.07 Å². The molecule has 1 fully saturated rings. The molecule has 1 aromatic carbocycles. The summed E-state index contributed by atoms with van der Waals surface area (Å²) in [6.45, 7) is 1.36. The number of aliphatic hydroxyl groups excluding tert-OH is 1. The number of pyridine rings is 1. The fraction of sp³-hybridized carbons (Fsp3) is 0.227. The average Bonchev–Trinajstić information content (AvgIpc) is 3.16. The van der Waals surface area contributed by atoms with Crippen molar-refractivity contribution in [1.82, 2.24) is 19.6 Å². The van der Waals surface area contributed by atoms with Crippen molar-refractivity contribution in [2.45, 2.75) is 18.9 Å². The molecule has 5 rings (SSSR count). The van der Waals surface area contributed by atoms with E-state index in [1.54, 1.807) is 30.7 Å². The molecule has 0 aliphatic carbocycles. The summed E-state index contributed by atoms with van der Waals surface area (Å²) in [5.41, 5.74) is 2.24. The molecule has 31 heavy (non-hydrogen) atoms. The minimum Gasteiger partial charge on any atom is -0.391 e. The third-order valence-electron chi connectivity index (χ3n) is 5.38. The summed E-state index contributed by atoms with van der Waals surface area (Å²) in [5, 5.41) is 17.7. The Balaban J connectivity index is 1.52. The number of halogens is 2. The number of anilines is 3. The number of aromatic nitrogens is 4. The van der Waals surface area contributed by atoms with E-state index in [0.29, 0.717) is 23.7 Å². The van der Waals surface area contributed by atoms with Crippen LogP contribution in [0.3, 0.4) is 0 Å². The highest BCUT2D eigenvalue weighted by atomic mass is 19.1. The van der Waals surface area contributed by atoms with Crippen LogP contribution in [-0.4, -0.2) is 43.9 Å². The highest BCUT2D eigenvalue weighted by Gasteiger charge is 2.21. The quantitative estimate of drug-likeness (QED) is 0.521. The van der Waals surface area contributed by atoms with Crippen molar-refractivity contribution in [2.24, 2.45) is 0 Å².